The van der Waals surface area contributed by atoms with Crippen molar-refractivity contribution in [2.75, 3.05) is 13.2 Å². The Labute approximate surface area is 313 Å². The molecule has 0 spiro atoms. The van der Waals surface area contributed by atoms with E-state index in [4.69, 9.17) is 9.47 Å². The van der Waals surface area contributed by atoms with Crippen molar-refractivity contribution in [3.8, 4) is 0 Å². The number of unbranched alkanes of at least 4 members (excludes halogenated alkanes) is 26. The van der Waals surface area contributed by atoms with E-state index in [1.165, 1.54) is 141 Å². The van der Waals surface area contributed by atoms with Crippen molar-refractivity contribution in [3.05, 3.63) is 0 Å². The standard InChI is InChI=1S/C42H83NO8/c1-3-5-7-9-11-13-15-17-19-21-23-25-27-29-31-36(45)35(34-50-42-41(49)40(48)39(47)37(33-44)51-42)43-38(46)32-30-28-26-24-22-20-18-16-14-12-10-8-6-4-2/h35-37,39-42,44-45,47-49H,3-34H2,1-2H3,(H,43,46)/t35-,36+,37+,39+,40?,41?,42+/m0/s1. The molecule has 6 N–H and O–H groups in total. The fourth-order valence-electron chi connectivity index (χ4n) is 7.16. The lowest BCUT2D eigenvalue weighted by Gasteiger charge is -2.40. The Morgan fingerprint density at radius 3 is 1.39 bits per heavy atom. The summed E-state index contributed by atoms with van der Waals surface area (Å²) in [6, 6.07) is -0.710. The summed E-state index contributed by atoms with van der Waals surface area (Å²) in [6.07, 6.45) is 28.1. The van der Waals surface area contributed by atoms with Crippen LogP contribution in [0.25, 0.3) is 0 Å². The monoisotopic (exact) mass is 730 g/mol. The zero-order valence-corrected chi connectivity index (χ0v) is 33.1. The topological polar surface area (TPSA) is 149 Å². The molecule has 1 aliphatic heterocycles. The number of hydrogen-bond donors (Lipinski definition) is 6. The molecule has 1 amide bonds. The molecule has 1 fully saturated rings. The number of hydrogen-bond acceptors (Lipinski definition) is 8. The van der Waals surface area contributed by atoms with Crippen LogP contribution in [-0.2, 0) is 14.3 Å². The van der Waals surface area contributed by atoms with Gasteiger partial charge in [0.15, 0.2) is 6.29 Å². The van der Waals surface area contributed by atoms with Crippen molar-refractivity contribution < 1.29 is 39.8 Å². The van der Waals surface area contributed by atoms with E-state index in [0.717, 1.165) is 38.5 Å². The molecule has 1 aliphatic rings. The maximum Gasteiger partial charge on any atom is 0.220 e. The van der Waals surface area contributed by atoms with Crippen LogP contribution in [0, 0.1) is 0 Å². The van der Waals surface area contributed by atoms with Crippen molar-refractivity contribution in [3.63, 3.8) is 0 Å². The van der Waals surface area contributed by atoms with E-state index in [2.05, 4.69) is 19.2 Å². The molecule has 0 radical (unpaired) electrons. The second-order valence-corrected chi connectivity index (χ2v) is 15.5. The number of aliphatic hydroxyl groups excluding tert-OH is 5. The average Bonchev–Trinajstić information content (AvgIpc) is 3.13. The summed E-state index contributed by atoms with van der Waals surface area (Å²) in [7, 11) is 0. The highest BCUT2D eigenvalue weighted by atomic mass is 16.7. The Kier molecular flexibility index (Phi) is 31.9. The number of nitrogens with one attached hydrogen (secondary N) is 1. The Balaban J connectivity index is 2.35. The molecule has 9 nitrogen and oxygen atoms in total. The first-order valence-electron chi connectivity index (χ1n) is 21.7. The Morgan fingerprint density at radius 2 is 0.980 bits per heavy atom. The Morgan fingerprint density at radius 1 is 0.588 bits per heavy atom. The maximum atomic E-state index is 12.9. The van der Waals surface area contributed by atoms with E-state index < -0.39 is 49.5 Å². The molecule has 0 aromatic heterocycles. The SMILES string of the molecule is CCCCCCCCCCCCCCCCC(=O)N[C@@H](CO[C@@H]1O[C@H](CO)[C@@H](O)C(O)C1O)[C@H](O)CCCCCCCCCCCCCCCC. The van der Waals surface area contributed by atoms with E-state index in [9.17, 15) is 30.3 Å². The predicted molar refractivity (Wildman–Crippen MR) is 208 cm³/mol. The van der Waals surface area contributed by atoms with Crippen LogP contribution in [0.4, 0.5) is 0 Å². The molecule has 2 unspecified atom stereocenters. The quantitative estimate of drug-likeness (QED) is 0.0353. The van der Waals surface area contributed by atoms with Gasteiger partial charge in [-0.3, -0.25) is 4.79 Å². The van der Waals surface area contributed by atoms with Crippen molar-refractivity contribution in [2.24, 2.45) is 0 Å². The van der Waals surface area contributed by atoms with Gasteiger partial charge in [-0.15, -0.1) is 0 Å². The lowest BCUT2D eigenvalue weighted by Crippen LogP contribution is -2.60. The van der Waals surface area contributed by atoms with Crippen molar-refractivity contribution in [2.45, 2.75) is 249 Å². The predicted octanol–water partition coefficient (Wildman–Crippen LogP) is 8.39. The zero-order chi connectivity index (χ0) is 37.4. The summed E-state index contributed by atoms with van der Waals surface area (Å²) >= 11 is 0. The minimum Gasteiger partial charge on any atom is -0.394 e. The summed E-state index contributed by atoms with van der Waals surface area (Å²) in [5, 5.41) is 54.2. The second kappa shape index (κ2) is 33.7. The first-order chi connectivity index (χ1) is 24.8. The molecular formula is C42H83NO8. The molecular weight excluding hydrogens is 646 g/mol. The first kappa shape index (κ1) is 48.2. The summed E-state index contributed by atoms with van der Waals surface area (Å²) < 4.78 is 11.2. The smallest absolute Gasteiger partial charge is 0.220 e. The van der Waals surface area contributed by atoms with Gasteiger partial charge in [-0.2, -0.15) is 0 Å². The van der Waals surface area contributed by atoms with Gasteiger partial charge in [0.05, 0.1) is 25.4 Å². The van der Waals surface area contributed by atoms with Gasteiger partial charge in [0, 0.05) is 6.42 Å². The van der Waals surface area contributed by atoms with Crippen LogP contribution in [0.3, 0.4) is 0 Å². The third kappa shape index (κ3) is 25.0. The Hall–Kier alpha value is -0.810. The molecule has 0 aromatic carbocycles. The highest BCUT2D eigenvalue weighted by Gasteiger charge is 2.44. The van der Waals surface area contributed by atoms with Gasteiger partial charge in [-0.05, 0) is 12.8 Å². The molecule has 0 saturated carbocycles. The van der Waals surface area contributed by atoms with Crippen LogP contribution >= 0.6 is 0 Å². The van der Waals surface area contributed by atoms with Crippen LogP contribution in [0.2, 0.25) is 0 Å². The molecule has 9 heteroatoms. The van der Waals surface area contributed by atoms with Gasteiger partial charge < -0.3 is 40.3 Å². The number of carbonyl (C=O) groups is 1. The van der Waals surface area contributed by atoms with Crippen LogP contribution in [-0.4, -0.2) is 87.5 Å². The van der Waals surface area contributed by atoms with Crippen LogP contribution < -0.4 is 5.32 Å². The largest absolute Gasteiger partial charge is 0.394 e. The molecule has 7 atom stereocenters. The van der Waals surface area contributed by atoms with Crippen molar-refractivity contribution >= 4 is 5.91 Å². The molecule has 1 rings (SSSR count). The molecule has 1 heterocycles. The van der Waals surface area contributed by atoms with Crippen LogP contribution in [0.1, 0.15) is 206 Å². The third-order valence-electron chi connectivity index (χ3n) is 10.7. The van der Waals surface area contributed by atoms with E-state index >= 15 is 0 Å². The maximum absolute atomic E-state index is 12.9. The molecule has 1 saturated heterocycles. The molecule has 51 heavy (non-hydrogen) atoms. The summed E-state index contributed by atoms with van der Waals surface area (Å²) in [5.74, 6) is -0.142. The number of rotatable bonds is 36. The highest BCUT2D eigenvalue weighted by molar-refractivity contribution is 5.76. The van der Waals surface area contributed by atoms with Gasteiger partial charge in [-0.1, -0.05) is 187 Å². The first-order valence-corrected chi connectivity index (χ1v) is 21.7. The molecule has 0 aromatic rings. The minimum absolute atomic E-state index is 0.132. The summed E-state index contributed by atoms with van der Waals surface area (Å²) in [4.78, 5) is 12.9. The minimum atomic E-state index is -1.55. The number of amides is 1. The molecule has 304 valence electrons. The lowest BCUT2D eigenvalue weighted by atomic mass is 9.99. The van der Waals surface area contributed by atoms with E-state index in [-0.39, 0.29) is 12.5 Å². The average molecular weight is 730 g/mol. The normalized spacial score (nSPS) is 21.9. The van der Waals surface area contributed by atoms with Crippen LogP contribution in [0.5, 0.6) is 0 Å². The number of ether oxygens (including phenoxy) is 2. The second-order valence-electron chi connectivity index (χ2n) is 15.5. The fraction of sp³-hybridized carbons (Fsp3) is 0.976. The fourth-order valence-corrected chi connectivity index (χ4v) is 7.16. The zero-order valence-electron chi connectivity index (χ0n) is 33.1. The van der Waals surface area contributed by atoms with Gasteiger partial charge in [0.2, 0.25) is 5.91 Å². The summed E-state index contributed by atoms with van der Waals surface area (Å²) in [5.41, 5.74) is 0. The van der Waals surface area contributed by atoms with Gasteiger partial charge in [0.25, 0.3) is 0 Å². The van der Waals surface area contributed by atoms with Gasteiger partial charge in [-0.25, -0.2) is 0 Å². The van der Waals surface area contributed by atoms with Crippen molar-refractivity contribution in [1.82, 2.24) is 5.32 Å². The number of aliphatic hydroxyl groups is 5. The third-order valence-corrected chi connectivity index (χ3v) is 10.7. The lowest BCUT2D eigenvalue weighted by molar-refractivity contribution is -0.302. The van der Waals surface area contributed by atoms with E-state index in [1.807, 2.05) is 0 Å². The van der Waals surface area contributed by atoms with Crippen LogP contribution in [0.15, 0.2) is 0 Å². The number of carbonyl (C=O) groups excluding carboxylic acids is 1. The van der Waals surface area contributed by atoms with E-state index in [1.54, 1.807) is 0 Å². The molecule has 0 bridgehead atoms. The highest BCUT2D eigenvalue weighted by Crippen LogP contribution is 2.23. The van der Waals surface area contributed by atoms with Gasteiger partial charge >= 0.3 is 0 Å². The van der Waals surface area contributed by atoms with Crippen molar-refractivity contribution in [1.29, 1.82) is 0 Å². The Bertz CT molecular complexity index is 771. The van der Waals surface area contributed by atoms with Gasteiger partial charge in [0.1, 0.15) is 24.4 Å². The summed E-state index contributed by atoms with van der Waals surface area (Å²) in [6.45, 7) is 3.83. The molecule has 0 aliphatic carbocycles. The van der Waals surface area contributed by atoms with E-state index in [0.29, 0.717) is 12.8 Å².